The highest BCUT2D eigenvalue weighted by molar-refractivity contribution is 6.00. The molecule has 0 saturated carbocycles. The summed E-state index contributed by atoms with van der Waals surface area (Å²) in [6.45, 7) is 7.21. The number of primary amides is 3. The van der Waals surface area contributed by atoms with Gasteiger partial charge in [-0.05, 0) is 55.9 Å². The number of aliphatic carboxylic acids is 1. The Morgan fingerprint density at radius 2 is 1.06 bits per heavy atom. The molecule has 1 aromatic rings. The lowest BCUT2D eigenvalue weighted by molar-refractivity contribution is -0.144. The first-order valence-corrected chi connectivity index (χ1v) is 25.5. The van der Waals surface area contributed by atoms with Gasteiger partial charge in [0, 0.05) is 26.4 Å². The number of amides is 12. The van der Waals surface area contributed by atoms with E-state index >= 15 is 0 Å². The molecule has 1 aliphatic rings. The van der Waals surface area contributed by atoms with Crippen molar-refractivity contribution in [3.8, 4) is 0 Å². The molecule has 1 heterocycles. The molecule has 1 saturated heterocycles. The van der Waals surface area contributed by atoms with E-state index in [-0.39, 0.29) is 75.8 Å². The van der Waals surface area contributed by atoms with Crippen molar-refractivity contribution in [1.29, 1.82) is 0 Å². The van der Waals surface area contributed by atoms with Gasteiger partial charge >= 0.3 is 5.97 Å². The average Bonchev–Trinajstić information content (AvgIpc) is 3.86. The molecule has 0 aliphatic carbocycles. The van der Waals surface area contributed by atoms with Crippen molar-refractivity contribution in [3.63, 3.8) is 0 Å². The number of hydrogen-bond donors (Lipinski definition) is 15. The van der Waals surface area contributed by atoms with Crippen LogP contribution in [0.1, 0.15) is 98.0 Å². The SMILES string of the molecule is CC(=O)N[C@@H](CO)C(=O)N[C@@H](Cc1ccccc1)C(=O)N[C@@H](CC(C)C)C(=O)N[C@@H](CC(C)C)C(=O)N[C@@H](CCCN=C(N)N)C(=O)N[C@@H](CC(N)=O)C(=O)N1CCC[C@H]1C(=O)N[C@@H](CC(N)=O)C(=O)N[C@@H](CC(=O)O)C(N)=O. The number of hydrogen-bond acceptors (Lipinski definition) is 15. The number of carboxylic acids is 1. The Bertz CT molecular complexity index is 2380. The summed E-state index contributed by atoms with van der Waals surface area (Å²) < 4.78 is 0. The summed E-state index contributed by atoms with van der Waals surface area (Å²) in [6, 6.07) is -5.09. The summed E-state index contributed by atoms with van der Waals surface area (Å²) in [4.78, 5) is 176. The zero-order valence-electron chi connectivity index (χ0n) is 44.9. The molecule has 0 unspecified atom stereocenters. The Labute approximate surface area is 456 Å². The van der Waals surface area contributed by atoms with E-state index in [9.17, 15) is 67.4 Å². The van der Waals surface area contributed by atoms with Crippen LogP contribution in [0.15, 0.2) is 35.3 Å². The number of aliphatic imine (C=N–C) groups is 1. The number of carbonyl (C=O) groups is 13. The predicted molar refractivity (Wildman–Crippen MR) is 281 cm³/mol. The average molecular weight is 1120 g/mol. The number of carbonyl (C=O) groups excluding carboxylic acids is 12. The number of nitrogens with zero attached hydrogens (tertiary/aromatic N) is 2. The quantitative estimate of drug-likeness (QED) is 0.0174. The van der Waals surface area contributed by atoms with Gasteiger partial charge in [-0.3, -0.25) is 67.3 Å². The monoisotopic (exact) mass is 1120 g/mol. The molecule has 12 amide bonds. The van der Waals surface area contributed by atoms with Crippen molar-refractivity contribution >= 4 is 82.8 Å². The Morgan fingerprint density at radius 1 is 0.595 bits per heavy atom. The first kappa shape index (κ1) is 66.7. The van der Waals surface area contributed by atoms with E-state index in [1.54, 1.807) is 58.0 Å². The normalized spacial score (nSPS) is 15.9. The molecule has 0 bridgehead atoms. The molecular formula is C49H77N15O15. The van der Waals surface area contributed by atoms with E-state index in [0.717, 1.165) is 11.8 Å². The summed E-state index contributed by atoms with van der Waals surface area (Å²) >= 11 is 0. The van der Waals surface area contributed by atoms with Gasteiger partial charge in [0.2, 0.25) is 70.9 Å². The molecule has 20 N–H and O–H groups in total. The highest BCUT2D eigenvalue weighted by Gasteiger charge is 2.41. The van der Waals surface area contributed by atoms with E-state index in [1.165, 1.54) is 0 Å². The lowest BCUT2D eigenvalue weighted by atomic mass is 9.98. The van der Waals surface area contributed by atoms with E-state index in [1.807, 2.05) is 0 Å². The molecule has 2 rings (SSSR count). The smallest absolute Gasteiger partial charge is 0.305 e. The number of benzene rings is 1. The minimum absolute atomic E-state index is 0.0160. The zero-order valence-corrected chi connectivity index (χ0v) is 44.9. The van der Waals surface area contributed by atoms with Crippen molar-refractivity contribution in [2.24, 2.45) is 45.5 Å². The van der Waals surface area contributed by atoms with Crippen LogP contribution in [0.3, 0.4) is 0 Å². The van der Waals surface area contributed by atoms with Crippen LogP contribution in [0, 0.1) is 11.8 Å². The molecule has 0 radical (unpaired) electrons. The van der Waals surface area contributed by atoms with Gasteiger partial charge in [0.15, 0.2) is 5.96 Å². The van der Waals surface area contributed by atoms with Crippen LogP contribution < -0.4 is 71.2 Å². The van der Waals surface area contributed by atoms with E-state index in [0.29, 0.717) is 5.56 Å². The zero-order chi connectivity index (χ0) is 59.7. The summed E-state index contributed by atoms with van der Waals surface area (Å²) in [6.07, 6.45) is -2.66. The summed E-state index contributed by atoms with van der Waals surface area (Å²) in [5, 5.41) is 38.5. The molecular weight excluding hydrogens is 1040 g/mol. The Hall–Kier alpha value is -8.44. The van der Waals surface area contributed by atoms with Gasteiger partial charge in [-0.2, -0.15) is 0 Å². The second-order valence-corrected chi connectivity index (χ2v) is 19.8. The number of nitrogens with one attached hydrogen (secondary N) is 8. The Kier molecular flexibility index (Phi) is 27.8. The molecule has 1 fully saturated rings. The highest BCUT2D eigenvalue weighted by Crippen LogP contribution is 2.21. The minimum atomic E-state index is -1.78. The third-order valence-electron chi connectivity index (χ3n) is 12.0. The predicted octanol–water partition coefficient (Wildman–Crippen LogP) is -6.03. The molecule has 0 aromatic heterocycles. The molecule has 9 atom stereocenters. The summed E-state index contributed by atoms with van der Waals surface area (Å²) in [5.41, 5.74) is 27.7. The van der Waals surface area contributed by atoms with Gasteiger partial charge in [-0.1, -0.05) is 58.0 Å². The van der Waals surface area contributed by atoms with Crippen molar-refractivity contribution < 1.29 is 72.5 Å². The van der Waals surface area contributed by atoms with Crippen LogP contribution >= 0.6 is 0 Å². The third-order valence-corrected chi connectivity index (χ3v) is 12.0. The molecule has 0 spiro atoms. The fourth-order valence-corrected chi connectivity index (χ4v) is 8.29. The van der Waals surface area contributed by atoms with E-state index in [4.69, 9.17) is 33.8 Å². The summed E-state index contributed by atoms with van der Waals surface area (Å²) in [7, 11) is 0. The van der Waals surface area contributed by atoms with Gasteiger partial charge in [0.1, 0.15) is 54.4 Å². The summed E-state index contributed by atoms with van der Waals surface area (Å²) in [5.74, 6) is -14.0. The second-order valence-electron chi connectivity index (χ2n) is 19.8. The number of aliphatic hydroxyl groups excluding tert-OH is 1. The largest absolute Gasteiger partial charge is 0.481 e. The maximum Gasteiger partial charge on any atom is 0.305 e. The number of guanidine groups is 1. The van der Waals surface area contributed by atoms with Crippen LogP contribution in [0.2, 0.25) is 0 Å². The topological polar surface area (TPSA) is 504 Å². The van der Waals surface area contributed by atoms with Crippen LogP contribution in [-0.2, 0) is 68.7 Å². The molecule has 30 nitrogen and oxygen atoms in total. The van der Waals surface area contributed by atoms with Gasteiger partial charge in [-0.15, -0.1) is 0 Å². The molecule has 30 heteroatoms. The lowest BCUT2D eigenvalue weighted by Crippen LogP contribution is -2.61. The lowest BCUT2D eigenvalue weighted by Gasteiger charge is -2.31. The second kappa shape index (κ2) is 33.0. The standard InChI is InChI=1S/C49H77N15O15/c1-24(2)17-30(59-43(74)31(18-25(3)4)60-44(75)32(19-27-11-7-6-8-12-27)61-46(77)35(23-65)56-26(5)66)42(73)57-28(13-9-15-55-49(53)54)41(72)63-34(21-38(51)68)48(79)64-16-10-14-36(64)47(78)62-33(20-37(50)67)45(76)58-29(40(52)71)22-39(69)70/h6-8,11-12,24-25,28-36,65H,9-10,13-23H2,1-5H3,(H2,50,67)(H2,51,68)(H2,52,71)(H,56,66)(H,57,73)(H,58,76)(H,59,74)(H,60,75)(H,61,77)(H,62,78)(H,63,72)(H,69,70)(H4,53,54,55)/t28-,29-,30-,31-,32-,33-,34-,35-,36-/m0/s1. The van der Waals surface area contributed by atoms with Gasteiger partial charge in [0.25, 0.3) is 0 Å². The highest BCUT2D eigenvalue weighted by atomic mass is 16.4. The van der Waals surface area contributed by atoms with Crippen LogP contribution in [0.5, 0.6) is 0 Å². The number of carboxylic acid groups (broad SMARTS) is 1. The van der Waals surface area contributed by atoms with Gasteiger partial charge < -0.3 is 86.3 Å². The maximum atomic E-state index is 14.3. The minimum Gasteiger partial charge on any atom is -0.481 e. The van der Waals surface area contributed by atoms with Gasteiger partial charge in [0.05, 0.1) is 25.9 Å². The third kappa shape index (κ3) is 24.2. The van der Waals surface area contributed by atoms with Crippen molar-refractivity contribution in [1.82, 2.24) is 47.4 Å². The fourth-order valence-electron chi connectivity index (χ4n) is 8.29. The van der Waals surface area contributed by atoms with Gasteiger partial charge in [-0.25, -0.2) is 0 Å². The van der Waals surface area contributed by atoms with Crippen LogP contribution in [-0.4, -0.2) is 172 Å². The number of likely N-dealkylation sites (tertiary alicyclic amines) is 1. The van der Waals surface area contributed by atoms with Crippen molar-refractivity contribution in [2.75, 3.05) is 19.7 Å². The Morgan fingerprint density at radius 3 is 1.56 bits per heavy atom. The molecule has 1 aromatic carbocycles. The Balaban J connectivity index is 2.47. The van der Waals surface area contributed by atoms with Crippen LogP contribution in [0.4, 0.5) is 0 Å². The molecule has 1 aliphatic heterocycles. The molecule has 79 heavy (non-hydrogen) atoms. The molecule has 438 valence electrons. The van der Waals surface area contributed by atoms with E-state index < -0.39 is 157 Å². The number of rotatable bonds is 34. The van der Waals surface area contributed by atoms with Crippen LogP contribution in [0.25, 0.3) is 0 Å². The fraction of sp³-hybridized carbons (Fsp3) is 0.592. The van der Waals surface area contributed by atoms with Crippen molar-refractivity contribution in [3.05, 3.63) is 35.9 Å². The first-order valence-electron chi connectivity index (χ1n) is 25.5. The van der Waals surface area contributed by atoms with E-state index in [2.05, 4.69) is 47.5 Å². The number of nitrogens with two attached hydrogens (primary N) is 5. The number of aliphatic hydroxyl groups is 1. The van der Waals surface area contributed by atoms with Crippen molar-refractivity contribution in [2.45, 2.75) is 153 Å². The first-order chi connectivity index (χ1) is 37.0. The maximum absolute atomic E-state index is 14.3.